The van der Waals surface area contributed by atoms with Gasteiger partial charge in [0.15, 0.2) is 0 Å². The van der Waals surface area contributed by atoms with E-state index in [0.29, 0.717) is 19.8 Å². The Morgan fingerprint density at radius 3 is 1.11 bits per heavy atom. The van der Waals surface area contributed by atoms with Gasteiger partial charge < -0.3 is 34.7 Å². The van der Waals surface area contributed by atoms with Crippen LogP contribution in [0.1, 0.15) is 137 Å². The average molecular weight is 583 g/mol. The summed E-state index contributed by atoms with van der Waals surface area (Å²) in [7, 11) is 2.26. The minimum Gasteiger partial charge on any atom is -1.00 e. The van der Waals surface area contributed by atoms with Gasteiger partial charge in [0.25, 0.3) is 0 Å². The van der Waals surface area contributed by atoms with Gasteiger partial charge in [0.1, 0.15) is 0 Å². The Labute approximate surface area is 233 Å². The molecule has 0 fully saturated rings. The number of rotatable bonds is 27. The van der Waals surface area contributed by atoms with Crippen LogP contribution < -0.4 is 17.0 Å². The van der Waals surface area contributed by atoms with Crippen LogP contribution >= 0.6 is 0 Å². The van der Waals surface area contributed by atoms with Gasteiger partial charge >= 0.3 is 8.80 Å². The van der Waals surface area contributed by atoms with Crippen molar-refractivity contribution in [3.05, 3.63) is 0 Å². The zero-order chi connectivity index (χ0) is 25.4. The SMILES string of the molecule is CCCCCCCCCCCCCCCCCC[N+](C)(C)CCC[Si](OCC)(OCC)OCC.[Br-]. The van der Waals surface area contributed by atoms with Crippen LogP contribution in [-0.2, 0) is 13.3 Å². The molecule has 0 saturated heterocycles. The molecule has 0 radical (unpaired) electrons. The van der Waals surface area contributed by atoms with Gasteiger partial charge in [0.05, 0.1) is 27.2 Å². The van der Waals surface area contributed by atoms with Gasteiger partial charge in [0.2, 0.25) is 0 Å². The molecule has 6 heteroatoms. The summed E-state index contributed by atoms with van der Waals surface area (Å²) >= 11 is 0. The monoisotopic (exact) mass is 581 g/mol. The summed E-state index contributed by atoms with van der Waals surface area (Å²) in [6.07, 6.45) is 24.0. The van der Waals surface area contributed by atoms with E-state index in [9.17, 15) is 0 Å². The third kappa shape index (κ3) is 23.4. The lowest BCUT2D eigenvalue weighted by atomic mass is 10.0. The number of halogens is 1. The van der Waals surface area contributed by atoms with Gasteiger partial charge in [-0.15, -0.1) is 0 Å². The summed E-state index contributed by atoms with van der Waals surface area (Å²) in [5.74, 6) is 0. The van der Waals surface area contributed by atoms with Crippen LogP contribution in [0.15, 0.2) is 0 Å². The van der Waals surface area contributed by atoms with Gasteiger partial charge in [-0.2, -0.15) is 0 Å². The van der Waals surface area contributed by atoms with Crippen molar-refractivity contribution in [2.75, 3.05) is 47.0 Å². The van der Waals surface area contributed by atoms with E-state index in [1.54, 1.807) is 0 Å². The van der Waals surface area contributed by atoms with E-state index < -0.39 is 8.80 Å². The summed E-state index contributed by atoms with van der Waals surface area (Å²) in [6, 6.07) is 0.934. The molecular formula is C29H64BrNO3Si. The standard InChI is InChI=1S/C29H64NO3Si.BrH/c1-7-11-12-13-14-15-16-17-18-19-20-21-22-23-24-25-27-30(5,6)28-26-29-34(31-8-2,32-9-3)33-10-4;/h7-29H2,1-6H3;1H/q+1;/p-1. The second kappa shape index (κ2) is 26.2. The number of nitrogens with zero attached hydrogens (tertiary/aromatic N) is 1. The van der Waals surface area contributed by atoms with Crippen LogP contribution in [-0.4, -0.2) is 60.3 Å². The zero-order valence-electron chi connectivity index (χ0n) is 24.8. The van der Waals surface area contributed by atoms with E-state index in [0.717, 1.165) is 16.9 Å². The molecule has 0 saturated carbocycles. The van der Waals surface area contributed by atoms with E-state index in [1.807, 2.05) is 20.8 Å². The molecule has 35 heavy (non-hydrogen) atoms. The second-order valence-electron chi connectivity index (χ2n) is 10.8. The average Bonchev–Trinajstić information content (AvgIpc) is 2.79. The largest absolute Gasteiger partial charge is 1.00 e. The van der Waals surface area contributed by atoms with Crippen molar-refractivity contribution in [3.8, 4) is 0 Å². The molecule has 0 atom stereocenters. The molecule has 0 spiro atoms. The molecule has 0 N–H and O–H groups in total. The number of quaternary nitrogens is 1. The molecule has 0 aliphatic carbocycles. The Balaban J connectivity index is 0. The lowest BCUT2D eigenvalue weighted by Crippen LogP contribution is -3.00. The minimum absolute atomic E-state index is 0. The molecule has 0 aromatic carbocycles. The summed E-state index contributed by atoms with van der Waals surface area (Å²) < 4.78 is 19.1. The molecule has 0 rings (SSSR count). The molecule has 0 bridgehead atoms. The van der Waals surface area contributed by atoms with Crippen molar-refractivity contribution in [2.24, 2.45) is 0 Å². The van der Waals surface area contributed by atoms with E-state index in [2.05, 4.69) is 21.0 Å². The number of hydrogen-bond donors (Lipinski definition) is 0. The fraction of sp³-hybridized carbons (Fsp3) is 1.00. The Morgan fingerprint density at radius 1 is 0.457 bits per heavy atom. The summed E-state index contributed by atoms with van der Waals surface area (Å²) in [4.78, 5) is 0. The molecule has 0 unspecified atom stereocenters. The second-order valence-corrected chi connectivity index (χ2v) is 13.5. The maximum absolute atomic E-state index is 6.01. The molecule has 0 aliphatic rings. The topological polar surface area (TPSA) is 27.7 Å². The lowest BCUT2D eigenvalue weighted by Gasteiger charge is -2.32. The molecule has 0 heterocycles. The number of hydrogen-bond acceptors (Lipinski definition) is 3. The Bertz CT molecular complexity index is 410. The van der Waals surface area contributed by atoms with Gasteiger partial charge in [-0.05, 0) is 33.6 Å². The first-order chi connectivity index (χ1) is 16.4. The van der Waals surface area contributed by atoms with Crippen molar-refractivity contribution in [1.29, 1.82) is 0 Å². The molecule has 214 valence electrons. The smallest absolute Gasteiger partial charge is 0.501 e. The highest BCUT2D eigenvalue weighted by Crippen LogP contribution is 2.20. The Hall–Kier alpha value is 0.537. The molecule has 0 amide bonds. The maximum Gasteiger partial charge on any atom is 0.501 e. The quantitative estimate of drug-likeness (QED) is 0.0700. The predicted octanol–water partition coefficient (Wildman–Crippen LogP) is 5.77. The van der Waals surface area contributed by atoms with Crippen LogP contribution in [0.3, 0.4) is 0 Å². The highest BCUT2D eigenvalue weighted by atomic mass is 79.9. The van der Waals surface area contributed by atoms with Crippen LogP contribution in [0.25, 0.3) is 0 Å². The van der Waals surface area contributed by atoms with Gasteiger partial charge in [0, 0.05) is 32.3 Å². The Morgan fingerprint density at radius 2 is 0.771 bits per heavy atom. The van der Waals surface area contributed by atoms with E-state index in [4.69, 9.17) is 13.3 Å². The predicted molar refractivity (Wildman–Crippen MR) is 151 cm³/mol. The highest BCUT2D eigenvalue weighted by molar-refractivity contribution is 6.60. The molecule has 0 aliphatic heterocycles. The molecule has 0 aromatic heterocycles. The normalized spacial score (nSPS) is 12.2. The van der Waals surface area contributed by atoms with Crippen LogP contribution in [0.5, 0.6) is 0 Å². The maximum atomic E-state index is 6.01. The summed E-state index contributed by atoms with van der Waals surface area (Å²) in [5, 5.41) is 0. The van der Waals surface area contributed by atoms with Gasteiger partial charge in [-0.1, -0.05) is 96.8 Å². The van der Waals surface area contributed by atoms with Gasteiger partial charge in [-0.3, -0.25) is 0 Å². The van der Waals surface area contributed by atoms with Crippen LogP contribution in [0, 0.1) is 0 Å². The van der Waals surface area contributed by atoms with Crippen molar-refractivity contribution < 1.29 is 34.7 Å². The van der Waals surface area contributed by atoms with Crippen LogP contribution in [0.2, 0.25) is 6.04 Å². The third-order valence-electron chi connectivity index (χ3n) is 6.96. The van der Waals surface area contributed by atoms with Crippen LogP contribution in [0.4, 0.5) is 0 Å². The van der Waals surface area contributed by atoms with E-state index >= 15 is 0 Å². The minimum atomic E-state index is -2.48. The van der Waals surface area contributed by atoms with Crippen molar-refractivity contribution in [2.45, 2.75) is 143 Å². The van der Waals surface area contributed by atoms with Crippen molar-refractivity contribution in [3.63, 3.8) is 0 Å². The van der Waals surface area contributed by atoms with Crippen molar-refractivity contribution >= 4 is 8.80 Å². The highest BCUT2D eigenvalue weighted by Gasteiger charge is 2.40. The van der Waals surface area contributed by atoms with Crippen molar-refractivity contribution in [1.82, 2.24) is 0 Å². The zero-order valence-corrected chi connectivity index (χ0v) is 27.4. The lowest BCUT2D eigenvalue weighted by molar-refractivity contribution is -0.890. The Kier molecular flexibility index (Phi) is 28.2. The molecule has 4 nitrogen and oxygen atoms in total. The third-order valence-corrected chi connectivity index (χ3v) is 10.1. The first-order valence-electron chi connectivity index (χ1n) is 15.2. The first-order valence-corrected chi connectivity index (χ1v) is 17.1. The first kappa shape index (κ1) is 37.7. The molecule has 0 aromatic rings. The summed E-state index contributed by atoms with van der Waals surface area (Å²) in [5.41, 5.74) is 0. The fourth-order valence-electron chi connectivity index (χ4n) is 4.92. The number of unbranched alkanes of at least 4 members (excludes halogenated alkanes) is 15. The fourth-order valence-corrected chi connectivity index (χ4v) is 7.52. The summed E-state index contributed by atoms with van der Waals surface area (Å²) in [6.45, 7) is 12.9. The van der Waals surface area contributed by atoms with E-state index in [-0.39, 0.29) is 17.0 Å². The molecular weight excluding hydrogens is 518 g/mol. The van der Waals surface area contributed by atoms with E-state index in [1.165, 1.54) is 116 Å². The van der Waals surface area contributed by atoms with Gasteiger partial charge in [-0.25, -0.2) is 0 Å².